The number of rotatable bonds is 3. The first kappa shape index (κ1) is 16.9. The normalized spacial score (nSPS) is 19.5. The van der Waals surface area contributed by atoms with E-state index in [-0.39, 0.29) is 34.6 Å². The molecule has 7 heteroatoms. The number of carbonyl (C=O) groups is 2. The molecule has 1 unspecified atom stereocenters. The van der Waals surface area contributed by atoms with Crippen molar-refractivity contribution in [1.29, 1.82) is 0 Å². The van der Waals surface area contributed by atoms with Crippen LogP contribution in [-0.2, 0) is 14.3 Å². The molecular weight excluding hydrogens is 332 g/mol. The molecular formula is C18H15F2NO4. The van der Waals surface area contributed by atoms with Crippen molar-refractivity contribution in [2.75, 3.05) is 6.61 Å². The van der Waals surface area contributed by atoms with E-state index in [1.165, 1.54) is 13.8 Å². The molecule has 3 rings (SSSR count). The number of carboxylic acid groups (broad SMARTS) is 1. The lowest BCUT2D eigenvalue weighted by Crippen LogP contribution is -2.30. The fourth-order valence-electron chi connectivity index (χ4n) is 3.33. The minimum Gasteiger partial charge on any atom is -0.478 e. The predicted molar refractivity (Wildman–Crippen MR) is 85.3 cm³/mol. The quantitative estimate of drug-likeness (QED) is 0.823. The van der Waals surface area contributed by atoms with E-state index < -0.39 is 29.5 Å². The molecule has 0 saturated heterocycles. The molecule has 0 spiro atoms. The van der Waals surface area contributed by atoms with Crippen LogP contribution in [0.4, 0.5) is 8.78 Å². The molecule has 1 aromatic carbocycles. The number of allylic oxidation sites excluding steroid dienone is 2. The Morgan fingerprint density at radius 3 is 2.68 bits per heavy atom. The topological polar surface area (TPSA) is 75.6 Å². The van der Waals surface area contributed by atoms with Crippen molar-refractivity contribution in [3.63, 3.8) is 0 Å². The second-order valence-electron chi connectivity index (χ2n) is 6.00. The van der Waals surface area contributed by atoms with Gasteiger partial charge in [-0.2, -0.15) is 0 Å². The number of nitrogens with one attached hydrogen (secondary N) is 1. The summed E-state index contributed by atoms with van der Waals surface area (Å²) in [6.45, 7) is 6.70. The third kappa shape index (κ3) is 2.61. The maximum atomic E-state index is 14.4. The summed E-state index contributed by atoms with van der Waals surface area (Å²) >= 11 is 0. The highest BCUT2D eigenvalue weighted by atomic mass is 19.1. The van der Waals surface area contributed by atoms with Crippen LogP contribution < -0.4 is 5.32 Å². The number of carbonyl (C=O) groups excluding carboxylic acids is 1. The smallest absolute Gasteiger partial charge is 0.337 e. The fourth-order valence-corrected chi connectivity index (χ4v) is 3.33. The number of aliphatic carboxylic acids is 1. The van der Waals surface area contributed by atoms with Crippen LogP contribution in [-0.4, -0.2) is 23.7 Å². The maximum Gasteiger partial charge on any atom is 0.337 e. The molecule has 1 aromatic rings. The Balaban J connectivity index is 2.35. The SMILES string of the molecule is C=C(C)c1c(F)cc(F)cc1C1C(C(=O)O)=C(C)NC2=C1C(=O)OC2. The van der Waals surface area contributed by atoms with Crippen LogP contribution in [0.25, 0.3) is 5.57 Å². The van der Waals surface area contributed by atoms with Gasteiger partial charge in [0.1, 0.15) is 18.2 Å². The average Bonchev–Trinajstić information content (AvgIpc) is 2.85. The Morgan fingerprint density at radius 1 is 1.40 bits per heavy atom. The molecule has 25 heavy (non-hydrogen) atoms. The Morgan fingerprint density at radius 2 is 2.08 bits per heavy atom. The van der Waals surface area contributed by atoms with Crippen LogP contribution in [0, 0.1) is 11.6 Å². The number of ether oxygens (including phenoxy) is 1. The number of benzene rings is 1. The molecule has 5 nitrogen and oxygen atoms in total. The molecule has 2 heterocycles. The summed E-state index contributed by atoms with van der Waals surface area (Å²) in [7, 11) is 0. The lowest BCUT2D eigenvalue weighted by atomic mass is 9.78. The van der Waals surface area contributed by atoms with Crippen molar-refractivity contribution in [1.82, 2.24) is 5.32 Å². The summed E-state index contributed by atoms with van der Waals surface area (Å²) < 4.78 is 33.3. The predicted octanol–water partition coefficient (Wildman–Crippen LogP) is 2.85. The van der Waals surface area contributed by atoms with E-state index in [4.69, 9.17) is 4.74 Å². The van der Waals surface area contributed by atoms with Crippen LogP contribution in [0.3, 0.4) is 0 Å². The number of cyclic esters (lactones) is 1. The van der Waals surface area contributed by atoms with E-state index >= 15 is 0 Å². The zero-order chi connectivity index (χ0) is 18.5. The van der Waals surface area contributed by atoms with Crippen LogP contribution in [0.5, 0.6) is 0 Å². The van der Waals surface area contributed by atoms with Crippen molar-refractivity contribution in [2.45, 2.75) is 19.8 Å². The molecule has 0 aliphatic carbocycles. The Kier molecular flexibility index (Phi) is 3.94. The van der Waals surface area contributed by atoms with Crippen molar-refractivity contribution < 1.29 is 28.2 Å². The van der Waals surface area contributed by atoms with Crippen LogP contribution >= 0.6 is 0 Å². The zero-order valence-electron chi connectivity index (χ0n) is 13.6. The molecule has 1 atom stereocenters. The minimum absolute atomic E-state index is 0.00796. The molecule has 0 saturated carbocycles. The van der Waals surface area contributed by atoms with E-state index in [0.29, 0.717) is 17.3 Å². The molecule has 2 aliphatic heterocycles. The second-order valence-corrected chi connectivity index (χ2v) is 6.00. The van der Waals surface area contributed by atoms with Gasteiger partial charge in [-0.15, -0.1) is 0 Å². The van der Waals surface area contributed by atoms with Gasteiger partial charge in [0.2, 0.25) is 0 Å². The first-order valence-corrected chi connectivity index (χ1v) is 7.48. The van der Waals surface area contributed by atoms with Gasteiger partial charge in [0.25, 0.3) is 0 Å². The highest BCUT2D eigenvalue weighted by Crippen LogP contribution is 2.43. The van der Waals surface area contributed by atoms with Crippen molar-refractivity contribution in [2.24, 2.45) is 0 Å². The van der Waals surface area contributed by atoms with Crippen molar-refractivity contribution in [3.05, 3.63) is 64.0 Å². The lowest BCUT2D eigenvalue weighted by Gasteiger charge is -2.28. The molecule has 0 fully saturated rings. The summed E-state index contributed by atoms with van der Waals surface area (Å²) in [6, 6.07) is 1.74. The molecule has 2 N–H and O–H groups in total. The number of halogens is 2. The van der Waals surface area contributed by atoms with Gasteiger partial charge in [-0.25, -0.2) is 18.4 Å². The highest BCUT2D eigenvalue weighted by molar-refractivity contribution is 6.01. The molecule has 0 bridgehead atoms. The van der Waals surface area contributed by atoms with E-state index in [9.17, 15) is 23.5 Å². The molecule has 0 radical (unpaired) electrons. The van der Waals surface area contributed by atoms with Crippen LogP contribution in [0.1, 0.15) is 30.9 Å². The van der Waals surface area contributed by atoms with Gasteiger partial charge in [0.05, 0.1) is 22.8 Å². The van der Waals surface area contributed by atoms with Crippen molar-refractivity contribution >= 4 is 17.5 Å². The third-order valence-corrected chi connectivity index (χ3v) is 4.27. The fraction of sp³-hybridized carbons (Fsp3) is 0.222. The zero-order valence-corrected chi connectivity index (χ0v) is 13.6. The van der Waals surface area contributed by atoms with Crippen LogP contribution in [0.15, 0.2) is 41.3 Å². The third-order valence-electron chi connectivity index (χ3n) is 4.27. The van der Waals surface area contributed by atoms with E-state index in [0.717, 1.165) is 6.07 Å². The van der Waals surface area contributed by atoms with Gasteiger partial charge in [-0.1, -0.05) is 6.58 Å². The number of hydrogen-bond acceptors (Lipinski definition) is 4. The molecule has 0 aromatic heterocycles. The summed E-state index contributed by atoms with van der Waals surface area (Å²) in [5.74, 6) is -4.89. The minimum atomic E-state index is -1.29. The van der Waals surface area contributed by atoms with Gasteiger partial charge in [-0.05, 0) is 31.1 Å². The monoisotopic (exact) mass is 347 g/mol. The number of carboxylic acids is 1. The highest BCUT2D eigenvalue weighted by Gasteiger charge is 2.42. The lowest BCUT2D eigenvalue weighted by molar-refractivity contribution is -0.136. The Hall–Kier alpha value is -2.96. The molecule has 0 amide bonds. The van der Waals surface area contributed by atoms with Gasteiger partial charge >= 0.3 is 11.9 Å². The summed E-state index contributed by atoms with van der Waals surface area (Å²) in [5.41, 5.74) is 0.894. The van der Waals surface area contributed by atoms with Gasteiger partial charge in [0, 0.05) is 17.3 Å². The van der Waals surface area contributed by atoms with E-state index in [1.807, 2.05) is 0 Å². The standard InChI is InChI=1S/C18H15F2NO4/c1-7(2)13-10(4-9(19)5-11(13)20)15-14(17(22)23)8(3)21-12-6-25-18(24)16(12)15/h4-5,15,21H,1,6H2,2-3H3,(H,22,23). The Bertz CT molecular complexity index is 897. The van der Waals surface area contributed by atoms with Crippen LogP contribution in [0.2, 0.25) is 0 Å². The molecule has 130 valence electrons. The summed E-state index contributed by atoms with van der Waals surface area (Å²) in [5, 5.41) is 12.5. The second kappa shape index (κ2) is 5.84. The van der Waals surface area contributed by atoms with Gasteiger partial charge in [-0.3, -0.25) is 0 Å². The summed E-state index contributed by atoms with van der Waals surface area (Å²) in [4.78, 5) is 24.0. The largest absolute Gasteiger partial charge is 0.478 e. The first-order chi connectivity index (χ1) is 11.7. The summed E-state index contributed by atoms with van der Waals surface area (Å²) in [6.07, 6.45) is 0. The maximum absolute atomic E-state index is 14.4. The first-order valence-electron chi connectivity index (χ1n) is 7.48. The number of dihydropyridines is 1. The van der Waals surface area contributed by atoms with Gasteiger partial charge in [0.15, 0.2) is 0 Å². The average molecular weight is 347 g/mol. The Labute approximate surface area is 142 Å². The van der Waals surface area contributed by atoms with Gasteiger partial charge < -0.3 is 15.2 Å². The van der Waals surface area contributed by atoms with E-state index in [2.05, 4.69) is 11.9 Å². The van der Waals surface area contributed by atoms with E-state index in [1.54, 1.807) is 0 Å². The number of esters is 1. The molecule has 2 aliphatic rings. The number of hydrogen-bond donors (Lipinski definition) is 2. The van der Waals surface area contributed by atoms with Crippen molar-refractivity contribution in [3.8, 4) is 0 Å².